The van der Waals surface area contributed by atoms with Gasteiger partial charge in [-0.05, 0) is 36.4 Å². The Morgan fingerprint density at radius 1 is 0.660 bits per heavy atom. The second-order valence-corrected chi connectivity index (χ2v) is 11.1. The van der Waals surface area contributed by atoms with Gasteiger partial charge in [0.15, 0.2) is 11.6 Å². The fraction of sp³-hybridized carbons (Fsp3) is 0.158. The quantitative estimate of drug-likeness (QED) is 0.0757. The van der Waals surface area contributed by atoms with E-state index in [0.29, 0.717) is 50.8 Å². The number of nitrogen functional groups attached to an aromatic ring is 1. The molecule has 12 heteroatoms. The number of ether oxygens (including phenoxy) is 4. The number of nitro groups is 1. The zero-order valence-electron chi connectivity index (χ0n) is 27.4. The first-order valence-corrected chi connectivity index (χ1v) is 15.5. The molecule has 4 aromatic carbocycles. The summed E-state index contributed by atoms with van der Waals surface area (Å²) in [5, 5.41) is 14.2. The van der Waals surface area contributed by atoms with Crippen LogP contribution in [-0.4, -0.2) is 53.9 Å². The Labute approximate surface area is 287 Å². The van der Waals surface area contributed by atoms with Gasteiger partial charge < -0.3 is 24.7 Å². The third-order valence-electron chi connectivity index (χ3n) is 7.37. The molecule has 0 aliphatic carbocycles. The molecule has 6 rings (SSSR count). The molecule has 0 amide bonds. The summed E-state index contributed by atoms with van der Waals surface area (Å²) in [5.74, 6) is 2.21. The van der Waals surface area contributed by atoms with Gasteiger partial charge >= 0.3 is 0 Å². The fourth-order valence-corrected chi connectivity index (χ4v) is 5.20. The van der Waals surface area contributed by atoms with Gasteiger partial charge in [0.25, 0.3) is 5.69 Å². The minimum absolute atomic E-state index is 0.0218. The molecule has 2 aromatic heterocycles. The number of rotatable bonds is 13. The second kappa shape index (κ2) is 16.7. The van der Waals surface area contributed by atoms with Gasteiger partial charge in [-0.2, -0.15) is 0 Å². The van der Waals surface area contributed by atoms with Crippen molar-refractivity contribution in [2.45, 2.75) is 12.8 Å². The number of methoxy groups -OCH3 is 2. The van der Waals surface area contributed by atoms with E-state index in [0.717, 1.165) is 10.8 Å². The summed E-state index contributed by atoms with van der Waals surface area (Å²) in [6.45, 7) is 0.106. The molecule has 0 saturated carbocycles. The van der Waals surface area contributed by atoms with Crippen molar-refractivity contribution in [2.75, 3.05) is 33.2 Å². The van der Waals surface area contributed by atoms with E-state index in [1.54, 1.807) is 67.0 Å². The zero-order valence-corrected chi connectivity index (χ0v) is 27.4. The topological polar surface area (TPSA) is 166 Å². The van der Waals surface area contributed by atoms with E-state index in [4.69, 9.17) is 24.7 Å². The lowest BCUT2D eigenvalue weighted by atomic mass is 10.1. The number of fused-ring (bicyclic) bond motifs is 2. The fourth-order valence-electron chi connectivity index (χ4n) is 5.20. The van der Waals surface area contributed by atoms with Crippen LogP contribution in [0.25, 0.3) is 21.5 Å². The van der Waals surface area contributed by atoms with Gasteiger partial charge in [-0.3, -0.25) is 29.7 Å². The molecule has 0 unspecified atom stereocenters. The maximum Gasteiger partial charge on any atom is 0.277 e. The van der Waals surface area contributed by atoms with E-state index < -0.39 is 4.92 Å². The van der Waals surface area contributed by atoms with Gasteiger partial charge in [0.1, 0.15) is 36.2 Å². The van der Waals surface area contributed by atoms with E-state index in [1.807, 2.05) is 36.4 Å². The smallest absolute Gasteiger partial charge is 0.277 e. The van der Waals surface area contributed by atoms with Crippen molar-refractivity contribution in [1.29, 1.82) is 0 Å². The standard InChI is InChI=1S/C19H16N2O5.C19H18N2O3/c1-25-12-14(22)10-13-11-15(8-9-20-13)26-19-7-6-18(21(23)24)16-4-2-3-5-17(16)19;1-23-12-14(22)10-13-11-15(8-9-21-13)24-19-7-6-18(20)16-4-2-3-5-17(16)19/h2-9,11H,10,12H2,1H3;2-9,11H,10,12,20H2,1H3. The number of hydrogen-bond acceptors (Lipinski definition) is 11. The van der Waals surface area contributed by atoms with E-state index in [9.17, 15) is 19.7 Å². The lowest BCUT2D eigenvalue weighted by Gasteiger charge is -2.11. The molecule has 0 spiro atoms. The normalized spacial score (nSPS) is 10.7. The summed E-state index contributed by atoms with van der Waals surface area (Å²) in [6, 6.07) is 28.3. The third kappa shape index (κ3) is 9.01. The number of non-ortho nitro benzene ring substituents is 1. The Balaban J connectivity index is 0.000000195. The Bertz CT molecular complexity index is 2150. The highest BCUT2D eigenvalue weighted by Gasteiger charge is 2.16. The summed E-state index contributed by atoms with van der Waals surface area (Å²) in [6.07, 6.45) is 3.54. The molecule has 0 bridgehead atoms. The molecule has 2 N–H and O–H groups in total. The largest absolute Gasteiger partial charge is 0.457 e. The van der Waals surface area contributed by atoms with Gasteiger partial charge in [-0.25, -0.2) is 0 Å². The number of nitrogens with two attached hydrogens (primary N) is 1. The minimum Gasteiger partial charge on any atom is -0.457 e. The molecule has 254 valence electrons. The summed E-state index contributed by atoms with van der Waals surface area (Å²) in [4.78, 5) is 42.5. The molecular weight excluding hydrogens is 640 g/mol. The lowest BCUT2D eigenvalue weighted by molar-refractivity contribution is -0.383. The van der Waals surface area contributed by atoms with Crippen molar-refractivity contribution in [3.63, 3.8) is 0 Å². The predicted molar refractivity (Wildman–Crippen MR) is 189 cm³/mol. The molecule has 0 aliphatic rings. The maximum absolute atomic E-state index is 11.7. The number of carbonyl (C=O) groups excluding carboxylic acids is 2. The molecule has 6 aromatic rings. The molecule has 0 aliphatic heterocycles. The second-order valence-electron chi connectivity index (χ2n) is 11.1. The lowest BCUT2D eigenvalue weighted by Crippen LogP contribution is -2.10. The van der Waals surface area contributed by atoms with Crippen LogP contribution in [0, 0.1) is 10.1 Å². The van der Waals surface area contributed by atoms with Gasteiger partial charge in [-0.1, -0.05) is 42.5 Å². The third-order valence-corrected chi connectivity index (χ3v) is 7.37. The molecule has 0 radical (unpaired) electrons. The van der Waals surface area contributed by atoms with Crippen LogP contribution < -0.4 is 15.2 Å². The van der Waals surface area contributed by atoms with Crippen LogP contribution in [0.5, 0.6) is 23.0 Å². The zero-order chi connectivity index (χ0) is 35.5. The van der Waals surface area contributed by atoms with Crippen molar-refractivity contribution in [3.05, 3.63) is 131 Å². The number of nitrogens with zero attached hydrogens (tertiary/aromatic N) is 3. The van der Waals surface area contributed by atoms with Gasteiger partial charge in [0.2, 0.25) is 0 Å². The number of aromatic nitrogens is 2. The number of ketones is 2. The molecular formula is C38H34N4O8. The highest BCUT2D eigenvalue weighted by Crippen LogP contribution is 2.36. The highest BCUT2D eigenvalue weighted by atomic mass is 16.6. The van der Waals surface area contributed by atoms with Gasteiger partial charge in [0.05, 0.1) is 34.5 Å². The number of benzene rings is 4. The van der Waals surface area contributed by atoms with Crippen LogP contribution in [0.15, 0.2) is 109 Å². The molecule has 0 saturated heterocycles. The Hall–Kier alpha value is -6.24. The average molecular weight is 675 g/mol. The molecule has 50 heavy (non-hydrogen) atoms. The van der Waals surface area contributed by atoms with Gasteiger partial charge in [0, 0.05) is 66.7 Å². The van der Waals surface area contributed by atoms with Crippen LogP contribution in [0.3, 0.4) is 0 Å². The van der Waals surface area contributed by atoms with Crippen LogP contribution in [0.2, 0.25) is 0 Å². The van der Waals surface area contributed by atoms with E-state index in [2.05, 4.69) is 9.97 Å². The number of Topliss-reactive ketones (excluding diaryl/α,β-unsaturated/α-hetero) is 2. The first-order chi connectivity index (χ1) is 24.2. The molecule has 0 atom stereocenters. The van der Waals surface area contributed by atoms with Crippen molar-refractivity contribution in [3.8, 4) is 23.0 Å². The van der Waals surface area contributed by atoms with Crippen molar-refractivity contribution < 1.29 is 33.5 Å². The van der Waals surface area contributed by atoms with E-state index in [1.165, 1.54) is 20.3 Å². The molecule has 2 heterocycles. The van der Waals surface area contributed by atoms with Crippen molar-refractivity contribution in [1.82, 2.24) is 9.97 Å². The van der Waals surface area contributed by atoms with Crippen molar-refractivity contribution >= 4 is 44.5 Å². The van der Waals surface area contributed by atoms with Crippen LogP contribution in [0.4, 0.5) is 11.4 Å². The first-order valence-electron chi connectivity index (χ1n) is 15.5. The number of hydrogen-bond donors (Lipinski definition) is 1. The maximum atomic E-state index is 11.7. The Kier molecular flexibility index (Phi) is 11.7. The summed E-state index contributed by atoms with van der Waals surface area (Å²) in [5.41, 5.74) is 7.95. The number of nitro benzene ring substituents is 1. The number of pyridine rings is 2. The predicted octanol–water partition coefficient (Wildman–Crippen LogP) is 7.06. The molecule has 12 nitrogen and oxygen atoms in total. The summed E-state index contributed by atoms with van der Waals surface area (Å²) in [7, 11) is 2.96. The summed E-state index contributed by atoms with van der Waals surface area (Å²) >= 11 is 0. The van der Waals surface area contributed by atoms with E-state index >= 15 is 0 Å². The number of carbonyl (C=O) groups is 2. The minimum atomic E-state index is -0.419. The number of anilines is 1. The highest BCUT2D eigenvalue weighted by molar-refractivity contribution is 5.97. The van der Waals surface area contributed by atoms with Crippen LogP contribution in [-0.2, 0) is 31.9 Å². The first kappa shape index (κ1) is 35.1. The van der Waals surface area contributed by atoms with Gasteiger partial charge in [-0.15, -0.1) is 0 Å². The van der Waals surface area contributed by atoms with Crippen LogP contribution >= 0.6 is 0 Å². The van der Waals surface area contributed by atoms with Crippen molar-refractivity contribution in [2.24, 2.45) is 0 Å². The average Bonchev–Trinajstić information content (AvgIpc) is 3.10. The Morgan fingerprint density at radius 3 is 1.62 bits per heavy atom. The Morgan fingerprint density at radius 2 is 1.12 bits per heavy atom. The monoisotopic (exact) mass is 674 g/mol. The van der Waals surface area contributed by atoms with Crippen LogP contribution in [0.1, 0.15) is 11.4 Å². The van der Waals surface area contributed by atoms with E-state index in [-0.39, 0.29) is 43.3 Å². The SMILES string of the molecule is COCC(=O)Cc1cc(Oc2ccc(N)c3ccccc23)ccn1.COCC(=O)Cc1cc(Oc2ccc([N+](=O)[O-])c3ccccc23)ccn1. The molecule has 0 fully saturated rings. The summed E-state index contributed by atoms with van der Waals surface area (Å²) < 4.78 is 21.6.